The van der Waals surface area contributed by atoms with Crippen molar-refractivity contribution in [3.8, 4) is 28.4 Å². The molecule has 0 aromatic heterocycles. The number of nitrogens with one attached hydrogen (secondary N) is 2. The van der Waals surface area contributed by atoms with Crippen molar-refractivity contribution in [2.75, 3.05) is 17.9 Å². The number of fused-ring (bicyclic) bond motifs is 1. The number of aliphatic carboxylic acids is 1. The maximum absolute atomic E-state index is 12.6. The van der Waals surface area contributed by atoms with E-state index in [-0.39, 0.29) is 22.4 Å². The van der Waals surface area contributed by atoms with Crippen LogP contribution in [0.15, 0.2) is 89.8 Å². The largest absolute Gasteiger partial charge is 0.504 e. The lowest BCUT2D eigenvalue weighted by atomic mass is 9.94. The molecule has 0 saturated heterocycles. The van der Waals surface area contributed by atoms with E-state index in [1.54, 1.807) is 48.5 Å². The molecule has 1 heterocycles. The molecule has 5 N–H and O–H groups in total. The van der Waals surface area contributed by atoms with Gasteiger partial charge in [0.2, 0.25) is 0 Å². The lowest BCUT2D eigenvalue weighted by molar-refractivity contribution is -0.192. The summed E-state index contributed by atoms with van der Waals surface area (Å²) in [4.78, 5) is 9.11. The Balaban J connectivity index is 0.000000566. The minimum absolute atomic E-state index is 0.0919. The minimum atomic E-state index is -5.08. The molecule has 0 fully saturated rings. The molecule has 1 unspecified atom stereocenters. The van der Waals surface area contributed by atoms with Crippen LogP contribution in [0, 0.1) is 3.57 Å². The number of benzene rings is 4. The van der Waals surface area contributed by atoms with Gasteiger partial charge in [-0.05, 0) is 118 Å². The molecule has 0 bridgehead atoms. The van der Waals surface area contributed by atoms with Crippen LogP contribution in [-0.2, 0) is 21.2 Å². The van der Waals surface area contributed by atoms with Crippen molar-refractivity contribution in [1.82, 2.24) is 5.32 Å². The number of hydrogen-bond acceptors (Lipinski definition) is 7. The molecule has 232 valence electrons. The fraction of sp³-hybridized carbons (Fsp3) is 0.167. The quantitative estimate of drug-likeness (QED) is 0.113. The number of phenolic OH excluding ortho intramolecular Hbond substituents is 2. The Morgan fingerprint density at radius 1 is 0.932 bits per heavy atom. The molecule has 4 aromatic rings. The zero-order valence-corrected chi connectivity index (χ0v) is 25.7. The number of sulfonamides is 1. The molecule has 0 spiro atoms. The molecular weight excluding hydrogens is 716 g/mol. The zero-order chi connectivity index (χ0) is 32.1. The van der Waals surface area contributed by atoms with Gasteiger partial charge in [-0.25, -0.2) is 13.2 Å². The first-order valence-electron chi connectivity index (χ1n) is 12.9. The number of rotatable bonds is 7. The van der Waals surface area contributed by atoms with Crippen LogP contribution in [0.1, 0.15) is 17.2 Å². The summed E-state index contributed by atoms with van der Waals surface area (Å²) in [6, 6.07) is 24.7. The summed E-state index contributed by atoms with van der Waals surface area (Å²) in [5.74, 6) is -2.28. The standard InChI is InChI=1S/C28H25IN2O5S.C2HF3O2/c29-21-5-11-24(12-6-21)37(34,35)31-22-7-1-18(2-8-22)19-3-9-23(10-4-19)36-17-26-25-16-28(33)27(32)15-20(25)13-14-30-26;3-2(4,5)1(6)7/h1-12,15-16,26,30-33H,13-14,17H2;(H,6,7). The third-order valence-electron chi connectivity index (χ3n) is 6.50. The molecule has 1 atom stereocenters. The van der Waals surface area contributed by atoms with E-state index in [0.29, 0.717) is 18.0 Å². The van der Waals surface area contributed by atoms with Crippen LogP contribution in [0.4, 0.5) is 18.9 Å². The van der Waals surface area contributed by atoms with Gasteiger partial charge in [-0.2, -0.15) is 13.2 Å². The van der Waals surface area contributed by atoms with E-state index in [9.17, 15) is 31.8 Å². The Hall–Kier alpha value is -4.02. The summed E-state index contributed by atoms with van der Waals surface area (Å²) in [5, 5.41) is 30.2. The van der Waals surface area contributed by atoms with Crippen LogP contribution < -0.4 is 14.8 Å². The van der Waals surface area contributed by atoms with Crippen LogP contribution in [0.5, 0.6) is 17.2 Å². The molecule has 9 nitrogen and oxygen atoms in total. The van der Waals surface area contributed by atoms with Gasteiger partial charge < -0.3 is 25.4 Å². The highest BCUT2D eigenvalue weighted by atomic mass is 127. The number of phenols is 2. The second kappa shape index (κ2) is 13.7. The van der Waals surface area contributed by atoms with E-state index < -0.39 is 22.2 Å². The number of aromatic hydroxyl groups is 2. The average molecular weight is 743 g/mol. The van der Waals surface area contributed by atoms with Crippen LogP contribution in [0.25, 0.3) is 11.1 Å². The molecule has 0 saturated carbocycles. The molecule has 0 aliphatic carbocycles. The maximum Gasteiger partial charge on any atom is 0.490 e. The van der Waals surface area contributed by atoms with E-state index in [1.807, 2.05) is 36.4 Å². The summed E-state index contributed by atoms with van der Waals surface area (Å²) < 4.78 is 66.6. The monoisotopic (exact) mass is 742 g/mol. The van der Waals surface area contributed by atoms with Gasteiger partial charge in [0.05, 0.1) is 10.9 Å². The molecule has 5 rings (SSSR count). The lowest BCUT2D eigenvalue weighted by Crippen LogP contribution is -2.33. The van der Waals surface area contributed by atoms with Crippen LogP contribution in [-0.4, -0.2) is 49.0 Å². The Morgan fingerprint density at radius 3 is 2.05 bits per heavy atom. The predicted octanol–water partition coefficient (Wildman–Crippen LogP) is 6.07. The van der Waals surface area contributed by atoms with Crippen molar-refractivity contribution in [2.45, 2.75) is 23.5 Å². The van der Waals surface area contributed by atoms with Gasteiger partial charge in [-0.15, -0.1) is 0 Å². The average Bonchev–Trinajstić information content (AvgIpc) is 2.97. The number of carbonyl (C=O) groups is 1. The van der Waals surface area contributed by atoms with E-state index in [2.05, 4.69) is 32.6 Å². The lowest BCUT2D eigenvalue weighted by Gasteiger charge is -2.27. The number of halogens is 4. The number of anilines is 1. The first-order chi connectivity index (χ1) is 20.7. The second-order valence-electron chi connectivity index (χ2n) is 9.57. The van der Waals surface area contributed by atoms with Crippen molar-refractivity contribution in [1.29, 1.82) is 0 Å². The zero-order valence-electron chi connectivity index (χ0n) is 22.7. The van der Waals surface area contributed by atoms with Gasteiger partial charge in [0, 0.05) is 9.26 Å². The molecule has 4 aromatic carbocycles. The number of alkyl halides is 3. The van der Waals surface area contributed by atoms with Gasteiger partial charge in [0.15, 0.2) is 11.5 Å². The Labute approximate surface area is 264 Å². The van der Waals surface area contributed by atoms with Gasteiger partial charge in [-0.3, -0.25) is 4.72 Å². The summed E-state index contributed by atoms with van der Waals surface area (Å²) in [6.07, 6.45) is -4.31. The molecule has 1 aliphatic rings. The molecule has 1 aliphatic heterocycles. The van der Waals surface area contributed by atoms with E-state index in [1.165, 1.54) is 0 Å². The van der Waals surface area contributed by atoms with Crippen molar-refractivity contribution in [3.63, 3.8) is 0 Å². The summed E-state index contributed by atoms with van der Waals surface area (Å²) in [6.45, 7) is 1.15. The van der Waals surface area contributed by atoms with E-state index in [4.69, 9.17) is 14.6 Å². The third kappa shape index (κ3) is 8.54. The molecular formula is C30H26F3IN2O7S. The van der Waals surface area contributed by atoms with E-state index in [0.717, 1.165) is 38.8 Å². The van der Waals surface area contributed by atoms with Gasteiger partial charge in [0.1, 0.15) is 12.4 Å². The van der Waals surface area contributed by atoms with Gasteiger partial charge >= 0.3 is 12.1 Å². The summed E-state index contributed by atoms with van der Waals surface area (Å²) >= 11 is 2.13. The van der Waals surface area contributed by atoms with Crippen LogP contribution in [0.3, 0.4) is 0 Å². The molecule has 44 heavy (non-hydrogen) atoms. The molecule has 14 heteroatoms. The van der Waals surface area contributed by atoms with Crippen molar-refractivity contribution in [2.24, 2.45) is 0 Å². The number of ether oxygens (including phenoxy) is 1. The van der Waals surface area contributed by atoms with Crippen molar-refractivity contribution >= 4 is 44.3 Å². The molecule has 0 radical (unpaired) electrons. The van der Waals surface area contributed by atoms with E-state index >= 15 is 0 Å². The smallest absolute Gasteiger partial charge is 0.490 e. The first-order valence-corrected chi connectivity index (χ1v) is 15.5. The highest BCUT2D eigenvalue weighted by Gasteiger charge is 2.38. The van der Waals surface area contributed by atoms with Crippen LogP contribution >= 0.6 is 22.6 Å². The summed E-state index contributed by atoms with van der Waals surface area (Å²) in [5.41, 5.74) is 4.34. The van der Waals surface area contributed by atoms with Crippen molar-refractivity contribution < 1.29 is 46.4 Å². The van der Waals surface area contributed by atoms with Gasteiger partial charge in [0.25, 0.3) is 10.0 Å². The van der Waals surface area contributed by atoms with Crippen molar-refractivity contribution in [3.05, 3.63) is 99.6 Å². The third-order valence-corrected chi connectivity index (χ3v) is 8.62. The fourth-order valence-electron chi connectivity index (χ4n) is 4.30. The molecule has 0 amide bonds. The minimum Gasteiger partial charge on any atom is -0.504 e. The normalized spacial score (nSPS) is 14.5. The second-order valence-corrected chi connectivity index (χ2v) is 12.5. The number of hydrogen-bond donors (Lipinski definition) is 5. The fourth-order valence-corrected chi connectivity index (χ4v) is 5.72. The van der Waals surface area contributed by atoms with Gasteiger partial charge in [-0.1, -0.05) is 24.3 Å². The Morgan fingerprint density at radius 2 is 1.48 bits per heavy atom. The highest BCUT2D eigenvalue weighted by molar-refractivity contribution is 14.1. The summed E-state index contributed by atoms with van der Waals surface area (Å²) in [7, 11) is -3.65. The SMILES string of the molecule is O=C(O)C(F)(F)F.O=S(=O)(Nc1ccc(-c2ccc(OCC3NCCc4cc(O)c(O)cc43)cc2)cc1)c1ccc(I)cc1. The maximum atomic E-state index is 12.6. The van der Waals surface area contributed by atoms with Crippen LogP contribution in [0.2, 0.25) is 0 Å². The first kappa shape index (κ1) is 32.9. The number of carboxylic acids is 1. The Kier molecular flexibility index (Phi) is 10.3. The topological polar surface area (TPSA) is 145 Å². The predicted molar refractivity (Wildman–Crippen MR) is 165 cm³/mol. The highest BCUT2D eigenvalue weighted by Crippen LogP contribution is 2.34. The number of carboxylic acid groups (broad SMARTS) is 1. The Bertz CT molecular complexity index is 1720.